The van der Waals surface area contributed by atoms with Gasteiger partial charge in [-0.15, -0.1) is 0 Å². The van der Waals surface area contributed by atoms with Crippen LogP contribution in [0, 0.1) is 23.0 Å². The van der Waals surface area contributed by atoms with E-state index in [1.165, 1.54) is 4.90 Å². The molecule has 1 aromatic carbocycles. The Kier molecular flexibility index (Phi) is 4.18. The Morgan fingerprint density at radius 1 is 1.35 bits per heavy atom. The van der Waals surface area contributed by atoms with Crippen molar-refractivity contribution in [2.24, 2.45) is 0 Å². The predicted octanol–water partition coefficient (Wildman–Crippen LogP) is 2.67. The van der Waals surface area contributed by atoms with Gasteiger partial charge in [-0.05, 0) is 25.0 Å². The van der Waals surface area contributed by atoms with E-state index in [0.29, 0.717) is 12.8 Å². The van der Waals surface area contributed by atoms with Gasteiger partial charge >= 0.3 is 5.97 Å². The van der Waals surface area contributed by atoms with Crippen LogP contribution in [0.25, 0.3) is 0 Å². The lowest BCUT2D eigenvalue weighted by molar-refractivity contribution is -0.135. The van der Waals surface area contributed by atoms with Crippen LogP contribution in [0.15, 0.2) is 12.1 Å². The van der Waals surface area contributed by atoms with Crippen molar-refractivity contribution in [3.63, 3.8) is 0 Å². The second-order valence-electron chi connectivity index (χ2n) is 4.86. The Bertz CT molecular complexity index is 540. The summed E-state index contributed by atoms with van der Waals surface area (Å²) in [6.07, 6.45) is 3.26. The zero-order valence-corrected chi connectivity index (χ0v) is 10.8. The average molecular weight is 280 g/mol. The van der Waals surface area contributed by atoms with E-state index in [0.717, 1.165) is 25.0 Å². The molecule has 0 spiro atoms. The number of anilines is 1. The third-order valence-corrected chi connectivity index (χ3v) is 3.50. The molecule has 1 aliphatic carbocycles. The SMILES string of the molecule is N#Cc1cc(F)c(N(CC(=O)O)C2CCCC2)c(F)c1. The largest absolute Gasteiger partial charge is 0.480 e. The minimum Gasteiger partial charge on any atom is -0.480 e. The van der Waals surface area contributed by atoms with Crippen LogP contribution in [0.4, 0.5) is 14.5 Å². The van der Waals surface area contributed by atoms with Gasteiger partial charge in [-0.3, -0.25) is 4.79 Å². The van der Waals surface area contributed by atoms with Crippen LogP contribution in [0.3, 0.4) is 0 Å². The van der Waals surface area contributed by atoms with Crippen LogP contribution in [0.5, 0.6) is 0 Å². The summed E-state index contributed by atoms with van der Waals surface area (Å²) in [6.45, 7) is -0.454. The van der Waals surface area contributed by atoms with Gasteiger partial charge in [0.05, 0.1) is 11.6 Å². The maximum Gasteiger partial charge on any atom is 0.323 e. The number of carboxylic acid groups (broad SMARTS) is 1. The van der Waals surface area contributed by atoms with Gasteiger partial charge in [0.25, 0.3) is 0 Å². The van der Waals surface area contributed by atoms with E-state index in [1.807, 2.05) is 0 Å². The standard InChI is InChI=1S/C14H14F2N2O2/c15-11-5-9(7-17)6-12(16)14(11)18(8-13(19)20)10-3-1-2-4-10/h5-6,10H,1-4,8H2,(H,19,20). The molecule has 1 fully saturated rings. The number of hydrogen-bond donors (Lipinski definition) is 1. The van der Waals surface area contributed by atoms with Crippen molar-refractivity contribution in [2.75, 3.05) is 11.4 Å². The van der Waals surface area contributed by atoms with Gasteiger partial charge < -0.3 is 10.0 Å². The summed E-state index contributed by atoms with van der Waals surface area (Å²) in [5, 5.41) is 17.6. The van der Waals surface area contributed by atoms with Crippen molar-refractivity contribution in [1.82, 2.24) is 0 Å². The summed E-state index contributed by atoms with van der Waals surface area (Å²) >= 11 is 0. The Hall–Kier alpha value is -2.16. The van der Waals surface area contributed by atoms with E-state index < -0.39 is 24.1 Å². The second kappa shape index (κ2) is 5.87. The highest BCUT2D eigenvalue weighted by Gasteiger charge is 2.29. The van der Waals surface area contributed by atoms with Gasteiger partial charge in [0.2, 0.25) is 0 Å². The van der Waals surface area contributed by atoms with E-state index in [9.17, 15) is 13.6 Å². The summed E-state index contributed by atoms with van der Waals surface area (Å²) in [7, 11) is 0. The maximum atomic E-state index is 14.0. The normalized spacial score (nSPS) is 15.1. The number of carbonyl (C=O) groups is 1. The van der Waals surface area contributed by atoms with Crippen LogP contribution in [0.1, 0.15) is 31.2 Å². The van der Waals surface area contributed by atoms with Crippen molar-refractivity contribution >= 4 is 11.7 Å². The highest BCUT2D eigenvalue weighted by Crippen LogP contribution is 2.32. The minimum atomic E-state index is -1.14. The molecule has 0 atom stereocenters. The van der Waals surface area contributed by atoms with Crippen LogP contribution >= 0.6 is 0 Å². The zero-order chi connectivity index (χ0) is 14.7. The number of aliphatic carboxylic acids is 1. The zero-order valence-electron chi connectivity index (χ0n) is 10.8. The first kappa shape index (κ1) is 14.3. The van der Waals surface area contributed by atoms with Crippen molar-refractivity contribution in [3.8, 4) is 6.07 Å². The molecule has 20 heavy (non-hydrogen) atoms. The van der Waals surface area contributed by atoms with Gasteiger partial charge in [0.1, 0.15) is 12.2 Å². The predicted molar refractivity (Wildman–Crippen MR) is 68.3 cm³/mol. The van der Waals surface area contributed by atoms with E-state index in [4.69, 9.17) is 10.4 Å². The number of rotatable bonds is 4. The summed E-state index contributed by atoms with van der Waals surface area (Å²) in [6, 6.07) is 3.36. The minimum absolute atomic E-state index is 0.120. The molecular formula is C14H14F2N2O2. The Morgan fingerprint density at radius 2 is 1.90 bits per heavy atom. The third-order valence-electron chi connectivity index (χ3n) is 3.50. The molecule has 0 radical (unpaired) electrons. The molecule has 1 aromatic rings. The quantitative estimate of drug-likeness (QED) is 0.921. The summed E-state index contributed by atoms with van der Waals surface area (Å²) in [5.74, 6) is -2.93. The fraction of sp³-hybridized carbons (Fsp3) is 0.429. The van der Waals surface area contributed by atoms with Crippen molar-refractivity contribution in [3.05, 3.63) is 29.3 Å². The van der Waals surface area contributed by atoms with Crippen LogP contribution in [-0.2, 0) is 4.79 Å². The molecule has 0 aliphatic heterocycles. The van der Waals surface area contributed by atoms with E-state index in [2.05, 4.69) is 0 Å². The lowest BCUT2D eigenvalue weighted by atomic mass is 10.1. The van der Waals surface area contributed by atoms with Crippen molar-refractivity contribution in [1.29, 1.82) is 5.26 Å². The molecule has 0 aromatic heterocycles. The lowest BCUT2D eigenvalue weighted by Crippen LogP contribution is -2.39. The Labute approximate surface area is 115 Å². The molecule has 106 valence electrons. The molecule has 0 heterocycles. The maximum absolute atomic E-state index is 14.0. The summed E-state index contributed by atoms with van der Waals surface area (Å²) < 4.78 is 28.1. The van der Waals surface area contributed by atoms with Crippen LogP contribution in [0.2, 0.25) is 0 Å². The monoisotopic (exact) mass is 280 g/mol. The number of carboxylic acids is 1. The first-order chi connectivity index (χ1) is 9.52. The Balaban J connectivity index is 2.42. The molecule has 1 aliphatic rings. The molecule has 1 N–H and O–H groups in total. The number of benzene rings is 1. The first-order valence-corrected chi connectivity index (χ1v) is 6.40. The van der Waals surface area contributed by atoms with Gasteiger partial charge in [0.15, 0.2) is 11.6 Å². The fourth-order valence-electron chi connectivity index (χ4n) is 2.66. The molecular weight excluding hydrogens is 266 g/mol. The lowest BCUT2D eigenvalue weighted by Gasteiger charge is -2.30. The summed E-state index contributed by atoms with van der Waals surface area (Å²) in [4.78, 5) is 12.2. The van der Waals surface area contributed by atoms with Gasteiger partial charge in [-0.25, -0.2) is 8.78 Å². The molecule has 0 bridgehead atoms. The topological polar surface area (TPSA) is 64.3 Å². The highest BCUT2D eigenvalue weighted by atomic mass is 19.1. The number of hydrogen-bond acceptors (Lipinski definition) is 3. The molecule has 6 heteroatoms. The fourth-order valence-corrected chi connectivity index (χ4v) is 2.66. The first-order valence-electron chi connectivity index (χ1n) is 6.40. The van der Waals surface area contributed by atoms with Crippen LogP contribution in [-0.4, -0.2) is 23.7 Å². The highest BCUT2D eigenvalue weighted by molar-refractivity contribution is 5.74. The number of halogens is 2. The van der Waals surface area contributed by atoms with Gasteiger partial charge in [-0.1, -0.05) is 12.8 Å². The van der Waals surface area contributed by atoms with E-state index in [1.54, 1.807) is 6.07 Å². The molecule has 0 amide bonds. The molecule has 2 rings (SSSR count). The average Bonchev–Trinajstić information content (AvgIpc) is 2.89. The molecule has 4 nitrogen and oxygen atoms in total. The summed E-state index contributed by atoms with van der Waals surface area (Å²) in [5.41, 5.74) is -0.469. The van der Waals surface area contributed by atoms with Gasteiger partial charge in [0, 0.05) is 6.04 Å². The Morgan fingerprint density at radius 3 is 2.35 bits per heavy atom. The molecule has 1 saturated carbocycles. The van der Waals surface area contributed by atoms with Gasteiger partial charge in [-0.2, -0.15) is 5.26 Å². The number of nitriles is 1. The second-order valence-corrected chi connectivity index (χ2v) is 4.86. The van der Waals surface area contributed by atoms with E-state index >= 15 is 0 Å². The smallest absolute Gasteiger partial charge is 0.323 e. The van der Waals surface area contributed by atoms with E-state index in [-0.39, 0.29) is 17.3 Å². The van der Waals surface area contributed by atoms with Crippen molar-refractivity contribution in [2.45, 2.75) is 31.7 Å². The number of nitrogens with zero attached hydrogens (tertiary/aromatic N) is 2. The third kappa shape index (κ3) is 2.87. The molecule has 0 saturated heterocycles. The molecule has 0 unspecified atom stereocenters. The van der Waals surface area contributed by atoms with Crippen molar-refractivity contribution < 1.29 is 18.7 Å². The van der Waals surface area contributed by atoms with Crippen LogP contribution < -0.4 is 4.90 Å².